The first-order valence-corrected chi connectivity index (χ1v) is 5.17. The summed E-state index contributed by atoms with van der Waals surface area (Å²) >= 11 is 0. The Balaban J connectivity index is 3.01. The third-order valence-electron chi connectivity index (χ3n) is 2.25. The first-order valence-electron chi connectivity index (χ1n) is 5.17. The fraction of sp³-hybridized carbons (Fsp3) is 0.273. The van der Waals surface area contributed by atoms with Crippen molar-refractivity contribution in [2.75, 3.05) is 20.7 Å². The van der Waals surface area contributed by atoms with Gasteiger partial charge in [-0.2, -0.15) is 0 Å². The summed E-state index contributed by atoms with van der Waals surface area (Å²) in [6.07, 6.45) is 0. The van der Waals surface area contributed by atoms with E-state index in [1.807, 2.05) is 0 Å². The van der Waals surface area contributed by atoms with Crippen molar-refractivity contribution in [3.63, 3.8) is 0 Å². The number of ether oxygens (including phenoxy) is 1. The van der Waals surface area contributed by atoms with Crippen molar-refractivity contribution >= 4 is 17.6 Å². The summed E-state index contributed by atoms with van der Waals surface area (Å²) in [5.41, 5.74) is -0.547. The molecule has 19 heavy (non-hydrogen) atoms. The Hall–Kier alpha value is -2.64. The van der Waals surface area contributed by atoms with Crippen LogP contribution in [0.3, 0.4) is 0 Å². The molecular formula is C11H12N2O6. The minimum absolute atomic E-state index is 0.155. The van der Waals surface area contributed by atoms with Crippen molar-refractivity contribution in [2.24, 2.45) is 0 Å². The summed E-state index contributed by atoms with van der Waals surface area (Å²) in [6, 6.07) is 3.14. The van der Waals surface area contributed by atoms with Crippen molar-refractivity contribution in [3.05, 3.63) is 33.9 Å². The zero-order valence-electron chi connectivity index (χ0n) is 10.3. The van der Waals surface area contributed by atoms with E-state index in [1.165, 1.54) is 19.0 Å². The summed E-state index contributed by atoms with van der Waals surface area (Å²) in [4.78, 5) is 33.4. The number of likely N-dealkylation sites (N-methyl/N-ethyl adjacent to an activating group) is 1. The molecule has 1 aromatic rings. The second-order valence-corrected chi connectivity index (χ2v) is 3.82. The standard InChI is InChI=1S/C11H12N2O6/c1-12(2)10(14)6-19-9-5-7(11(15)16)3-4-8(9)13(17)18/h3-5H,6H2,1-2H3,(H,15,16). The van der Waals surface area contributed by atoms with E-state index in [2.05, 4.69) is 0 Å². The molecule has 0 fully saturated rings. The van der Waals surface area contributed by atoms with Crippen LogP contribution in [0.15, 0.2) is 18.2 Å². The van der Waals surface area contributed by atoms with Crippen LogP contribution in [0, 0.1) is 10.1 Å². The summed E-state index contributed by atoms with van der Waals surface area (Å²) in [5.74, 6) is -1.88. The number of carboxylic acids is 1. The smallest absolute Gasteiger partial charge is 0.335 e. The number of amides is 1. The second kappa shape index (κ2) is 5.80. The normalized spacial score (nSPS) is 9.79. The minimum Gasteiger partial charge on any atom is -0.478 e. The minimum atomic E-state index is -1.24. The maximum atomic E-state index is 11.3. The van der Waals surface area contributed by atoms with Crippen LogP contribution in [-0.2, 0) is 4.79 Å². The Morgan fingerprint density at radius 2 is 2.05 bits per heavy atom. The number of nitro benzene ring substituents is 1. The molecule has 0 bridgehead atoms. The molecule has 0 aliphatic rings. The van der Waals surface area contributed by atoms with Crippen molar-refractivity contribution in [2.45, 2.75) is 0 Å². The lowest BCUT2D eigenvalue weighted by Gasteiger charge is -2.11. The van der Waals surface area contributed by atoms with Gasteiger partial charge in [0.05, 0.1) is 10.5 Å². The average molecular weight is 268 g/mol. The van der Waals surface area contributed by atoms with E-state index in [0.717, 1.165) is 18.2 Å². The molecule has 0 aliphatic heterocycles. The number of hydrogen-bond donors (Lipinski definition) is 1. The second-order valence-electron chi connectivity index (χ2n) is 3.82. The maximum absolute atomic E-state index is 11.3. The average Bonchev–Trinajstić information content (AvgIpc) is 2.34. The molecule has 0 saturated carbocycles. The van der Waals surface area contributed by atoms with Gasteiger partial charge in [-0.25, -0.2) is 4.79 Å². The molecule has 1 aromatic carbocycles. The van der Waals surface area contributed by atoms with Crippen molar-refractivity contribution in [3.8, 4) is 5.75 Å². The fourth-order valence-corrected chi connectivity index (χ4v) is 1.18. The molecule has 102 valence electrons. The topological polar surface area (TPSA) is 110 Å². The highest BCUT2D eigenvalue weighted by atomic mass is 16.6. The van der Waals surface area contributed by atoms with E-state index in [0.29, 0.717) is 0 Å². The number of rotatable bonds is 5. The summed E-state index contributed by atoms with van der Waals surface area (Å²) in [7, 11) is 3.02. The number of carbonyl (C=O) groups is 2. The van der Waals surface area contributed by atoms with E-state index in [9.17, 15) is 19.7 Å². The number of benzene rings is 1. The molecule has 1 N–H and O–H groups in total. The highest BCUT2D eigenvalue weighted by Crippen LogP contribution is 2.28. The van der Waals surface area contributed by atoms with E-state index in [4.69, 9.17) is 9.84 Å². The van der Waals surface area contributed by atoms with Crippen LogP contribution in [-0.4, -0.2) is 47.5 Å². The maximum Gasteiger partial charge on any atom is 0.335 e. The van der Waals surface area contributed by atoms with Gasteiger partial charge in [0, 0.05) is 26.2 Å². The predicted octanol–water partition coefficient (Wildman–Crippen LogP) is 0.760. The number of carboxylic acid groups (broad SMARTS) is 1. The third-order valence-corrected chi connectivity index (χ3v) is 2.25. The van der Waals surface area contributed by atoms with Crippen LogP contribution in [0.2, 0.25) is 0 Å². The zero-order valence-corrected chi connectivity index (χ0v) is 10.3. The predicted molar refractivity (Wildman–Crippen MR) is 64.2 cm³/mol. The molecule has 0 heterocycles. The quantitative estimate of drug-likeness (QED) is 0.623. The Labute approximate surface area is 108 Å². The van der Waals surface area contributed by atoms with E-state index in [1.54, 1.807) is 0 Å². The highest BCUT2D eigenvalue weighted by molar-refractivity contribution is 5.88. The Bertz CT molecular complexity index is 526. The largest absolute Gasteiger partial charge is 0.478 e. The van der Waals surface area contributed by atoms with Gasteiger partial charge in [-0.15, -0.1) is 0 Å². The van der Waals surface area contributed by atoms with Crippen LogP contribution >= 0.6 is 0 Å². The first-order chi connectivity index (χ1) is 8.82. The molecule has 1 amide bonds. The van der Waals surface area contributed by atoms with Crippen LogP contribution in [0.25, 0.3) is 0 Å². The van der Waals surface area contributed by atoms with Crippen LogP contribution < -0.4 is 4.74 Å². The van der Waals surface area contributed by atoms with Gasteiger partial charge in [0.25, 0.3) is 5.91 Å². The molecule has 0 atom stereocenters. The van der Waals surface area contributed by atoms with E-state index in [-0.39, 0.29) is 11.3 Å². The molecule has 0 radical (unpaired) electrons. The molecule has 8 nitrogen and oxygen atoms in total. The van der Waals surface area contributed by atoms with Gasteiger partial charge in [-0.1, -0.05) is 0 Å². The number of nitrogens with zero attached hydrogens (tertiary/aromatic N) is 2. The van der Waals surface area contributed by atoms with Gasteiger partial charge in [0.2, 0.25) is 0 Å². The molecule has 0 saturated heterocycles. The number of nitro groups is 1. The van der Waals surface area contributed by atoms with Gasteiger partial charge in [0.1, 0.15) is 0 Å². The van der Waals surface area contributed by atoms with Gasteiger partial charge in [-0.05, 0) is 6.07 Å². The molecule has 0 aliphatic carbocycles. The molecule has 1 rings (SSSR count). The molecule has 0 spiro atoms. The molecular weight excluding hydrogens is 256 g/mol. The Morgan fingerprint density at radius 1 is 1.42 bits per heavy atom. The number of carbonyl (C=O) groups excluding carboxylic acids is 1. The monoisotopic (exact) mass is 268 g/mol. The lowest BCUT2D eigenvalue weighted by atomic mass is 10.2. The van der Waals surface area contributed by atoms with Crippen molar-refractivity contribution < 1.29 is 24.4 Å². The molecule has 8 heteroatoms. The van der Waals surface area contributed by atoms with Gasteiger partial charge < -0.3 is 14.7 Å². The number of hydrogen-bond acceptors (Lipinski definition) is 5. The van der Waals surface area contributed by atoms with E-state index >= 15 is 0 Å². The van der Waals surface area contributed by atoms with Gasteiger partial charge in [0.15, 0.2) is 12.4 Å². The van der Waals surface area contributed by atoms with Crippen molar-refractivity contribution in [1.82, 2.24) is 4.90 Å². The van der Waals surface area contributed by atoms with Crippen LogP contribution in [0.4, 0.5) is 5.69 Å². The van der Waals surface area contributed by atoms with Gasteiger partial charge in [-0.3, -0.25) is 14.9 Å². The fourth-order valence-electron chi connectivity index (χ4n) is 1.18. The summed E-state index contributed by atoms with van der Waals surface area (Å²) in [6.45, 7) is -0.406. The SMILES string of the molecule is CN(C)C(=O)COc1cc(C(=O)O)ccc1[N+](=O)[O-]. The highest BCUT2D eigenvalue weighted by Gasteiger charge is 2.19. The summed E-state index contributed by atoms with van der Waals surface area (Å²) in [5, 5.41) is 19.6. The summed E-state index contributed by atoms with van der Waals surface area (Å²) < 4.78 is 5.02. The Morgan fingerprint density at radius 3 is 2.53 bits per heavy atom. The van der Waals surface area contributed by atoms with Crippen LogP contribution in [0.5, 0.6) is 5.75 Å². The third kappa shape index (κ3) is 3.66. The van der Waals surface area contributed by atoms with Gasteiger partial charge >= 0.3 is 11.7 Å². The Kier molecular flexibility index (Phi) is 4.41. The first kappa shape index (κ1) is 14.4. The van der Waals surface area contributed by atoms with E-state index < -0.39 is 29.1 Å². The molecule has 0 aromatic heterocycles. The van der Waals surface area contributed by atoms with Crippen molar-refractivity contribution in [1.29, 1.82) is 0 Å². The van der Waals surface area contributed by atoms with Crippen LogP contribution in [0.1, 0.15) is 10.4 Å². The lowest BCUT2D eigenvalue weighted by Crippen LogP contribution is -2.27. The number of aromatic carboxylic acids is 1. The zero-order chi connectivity index (χ0) is 14.6. The molecule has 0 unspecified atom stereocenters. The lowest BCUT2D eigenvalue weighted by molar-refractivity contribution is -0.385.